The molecule has 3 rings (SSSR count). The SMILES string of the molecule is CCOC(=O)C(C(=O)C(C)NC(=O)OCC(C)C)=P(c1ccccc1)(c1ccccc1)c1ccccc1. The van der Waals surface area contributed by atoms with E-state index in [9.17, 15) is 14.4 Å². The number of amides is 1. The van der Waals surface area contributed by atoms with Crippen molar-refractivity contribution >= 4 is 45.9 Å². The summed E-state index contributed by atoms with van der Waals surface area (Å²) in [5.41, 5.74) is 0. The number of rotatable bonds is 10. The summed E-state index contributed by atoms with van der Waals surface area (Å²) in [5.74, 6) is -1.06. The van der Waals surface area contributed by atoms with Gasteiger partial charge in [0.1, 0.15) is 5.29 Å². The molecule has 0 fully saturated rings. The van der Waals surface area contributed by atoms with Crippen molar-refractivity contribution in [2.75, 3.05) is 13.2 Å². The zero-order valence-electron chi connectivity index (χ0n) is 21.7. The van der Waals surface area contributed by atoms with E-state index in [1.807, 2.05) is 105 Å². The maximum Gasteiger partial charge on any atom is 0.407 e. The molecule has 3 aromatic carbocycles. The molecule has 0 bridgehead atoms. The number of carbonyl (C=O) groups excluding carboxylic acids is 3. The first-order chi connectivity index (χ1) is 17.8. The Labute approximate surface area is 219 Å². The Morgan fingerprint density at radius 1 is 0.730 bits per heavy atom. The molecule has 7 heteroatoms. The normalized spacial score (nSPS) is 11.9. The van der Waals surface area contributed by atoms with Crippen molar-refractivity contribution in [3.05, 3.63) is 91.0 Å². The number of nitrogens with one attached hydrogen (secondary N) is 1. The summed E-state index contributed by atoms with van der Waals surface area (Å²) in [7, 11) is 0. The molecule has 0 heterocycles. The molecular weight excluding hydrogens is 485 g/mol. The van der Waals surface area contributed by atoms with Crippen LogP contribution in [0.5, 0.6) is 0 Å². The van der Waals surface area contributed by atoms with E-state index in [0.717, 1.165) is 15.9 Å². The van der Waals surface area contributed by atoms with Crippen LogP contribution in [0.25, 0.3) is 0 Å². The van der Waals surface area contributed by atoms with Crippen LogP contribution in [0.2, 0.25) is 0 Å². The molecular formula is C30H34NO5P. The Bertz CT molecular complexity index is 1150. The van der Waals surface area contributed by atoms with E-state index >= 15 is 0 Å². The highest BCUT2D eigenvalue weighted by Gasteiger charge is 2.39. The van der Waals surface area contributed by atoms with Crippen LogP contribution >= 0.6 is 6.89 Å². The Kier molecular flexibility index (Phi) is 9.87. The van der Waals surface area contributed by atoms with Crippen molar-refractivity contribution in [2.24, 2.45) is 5.92 Å². The fourth-order valence-corrected chi connectivity index (χ4v) is 8.51. The first kappa shape index (κ1) is 27.9. The number of alkyl carbamates (subject to hydrolysis) is 1. The molecule has 1 amide bonds. The van der Waals surface area contributed by atoms with Gasteiger partial charge in [0.2, 0.25) is 0 Å². The topological polar surface area (TPSA) is 81.7 Å². The van der Waals surface area contributed by atoms with E-state index < -0.39 is 30.8 Å². The average Bonchev–Trinajstić information content (AvgIpc) is 2.91. The third-order valence-corrected chi connectivity index (χ3v) is 10.0. The summed E-state index contributed by atoms with van der Waals surface area (Å²) in [6, 6.07) is 27.7. The van der Waals surface area contributed by atoms with Gasteiger partial charge < -0.3 is 14.8 Å². The largest absolute Gasteiger partial charge is 0.462 e. The summed E-state index contributed by atoms with van der Waals surface area (Å²) in [6.45, 7) is 4.41. The number of benzene rings is 3. The molecule has 1 N–H and O–H groups in total. The van der Waals surface area contributed by atoms with Crippen LogP contribution in [-0.2, 0) is 19.1 Å². The number of hydrogen-bond acceptors (Lipinski definition) is 5. The first-order valence-corrected chi connectivity index (χ1v) is 14.2. The lowest BCUT2D eigenvalue weighted by Crippen LogP contribution is -2.47. The Balaban J connectivity index is 2.38. The van der Waals surface area contributed by atoms with E-state index in [2.05, 4.69) is 5.32 Å². The minimum absolute atomic E-state index is 0.0228. The molecule has 3 aromatic rings. The Morgan fingerprint density at radius 3 is 1.54 bits per heavy atom. The highest BCUT2D eigenvalue weighted by Crippen LogP contribution is 2.46. The van der Waals surface area contributed by atoms with Crippen molar-refractivity contribution in [1.82, 2.24) is 5.32 Å². The smallest absolute Gasteiger partial charge is 0.407 e. The molecule has 0 aliphatic rings. The van der Waals surface area contributed by atoms with Crippen LogP contribution in [0.15, 0.2) is 91.0 Å². The zero-order valence-corrected chi connectivity index (χ0v) is 22.6. The Morgan fingerprint density at radius 2 is 1.16 bits per heavy atom. The van der Waals surface area contributed by atoms with Gasteiger partial charge >= 0.3 is 12.1 Å². The van der Waals surface area contributed by atoms with Crippen molar-refractivity contribution in [3.63, 3.8) is 0 Å². The van der Waals surface area contributed by atoms with Crippen molar-refractivity contribution in [2.45, 2.75) is 33.7 Å². The van der Waals surface area contributed by atoms with Crippen LogP contribution in [-0.4, -0.2) is 42.4 Å². The Hall–Kier alpha value is -3.63. The number of carbonyl (C=O) groups is 3. The third-order valence-electron chi connectivity index (χ3n) is 5.74. The summed E-state index contributed by atoms with van der Waals surface area (Å²) in [5, 5.41) is 5.14. The molecule has 0 saturated heterocycles. The summed E-state index contributed by atoms with van der Waals surface area (Å²) in [4.78, 5) is 40.4. The average molecular weight is 520 g/mol. The number of ketones is 1. The van der Waals surface area contributed by atoms with E-state index in [1.54, 1.807) is 13.8 Å². The number of ether oxygens (including phenoxy) is 2. The molecule has 194 valence electrons. The van der Waals surface area contributed by atoms with Crippen molar-refractivity contribution in [1.29, 1.82) is 0 Å². The van der Waals surface area contributed by atoms with E-state index in [4.69, 9.17) is 9.47 Å². The molecule has 0 saturated carbocycles. The second-order valence-electron chi connectivity index (χ2n) is 8.97. The predicted molar refractivity (Wildman–Crippen MR) is 151 cm³/mol. The molecule has 1 unspecified atom stereocenters. The number of hydrogen-bond donors (Lipinski definition) is 1. The minimum Gasteiger partial charge on any atom is -0.462 e. The van der Waals surface area contributed by atoms with Crippen LogP contribution in [0.3, 0.4) is 0 Å². The minimum atomic E-state index is -3.03. The molecule has 0 aromatic heterocycles. The monoisotopic (exact) mass is 519 g/mol. The van der Waals surface area contributed by atoms with Crippen molar-refractivity contribution < 1.29 is 23.9 Å². The van der Waals surface area contributed by atoms with E-state index in [-0.39, 0.29) is 24.4 Å². The second kappa shape index (κ2) is 13.1. The van der Waals surface area contributed by atoms with Gasteiger partial charge in [-0.3, -0.25) is 4.79 Å². The van der Waals surface area contributed by atoms with Crippen LogP contribution < -0.4 is 21.2 Å². The predicted octanol–water partition coefficient (Wildman–Crippen LogP) is 4.06. The van der Waals surface area contributed by atoms with Crippen molar-refractivity contribution in [3.8, 4) is 0 Å². The molecule has 0 spiro atoms. The van der Waals surface area contributed by atoms with Gasteiger partial charge in [-0.1, -0.05) is 105 Å². The quantitative estimate of drug-likeness (QED) is 0.248. The molecule has 0 radical (unpaired) electrons. The molecule has 0 aliphatic carbocycles. The fraction of sp³-hybridized carbons (Fsp3) is 0.267. The fourth-order valence-electron chi connectivity index (χ4n) is 4.12. The highest BCUT2D eigenvalue weighted by molar-refractivity contribution is 7.97. The first-order valence-electron chi connectivity index (χ1n) is 12.4. The zero-order chi connectivity index (χ0) is 26.8. The number of Topliss-reactive ketones (excluding diaryl/α,β-unsaturated/α-hetero) is 1. The van der Waals surface area contributed by atoms with Gasteiger partial charge in [0, 0.05) is 0 Å². The maximum atomic E-state index is 14.2. The lowest BCUT2D eigenvalue weighted by atomic mass is 10.1. The van der Waals surface area contributed by atoms with Gasteiger partial charge in [0.05, 0.1) is 19.3 Å². The van der Waals surface area contributed by atoms with E-state index in [0.29, 0.717) is 0 Å². The molecule has 1 atom stereocenters. The standard InChI is InChI=1S/C30H34NO5P/c1-5-35-29(33)28(27(32)23(4)31-30(34)36-21-22(2)3)37(24-15-9-6-10-16-24,25-17-11-7-12-18-25)26-19-13-8-14-20-26/h6-20,22-23H,5,21H2,1-4H3,(H,31,34). The van der Waals surface area contributed by atoms with Gasteiger partial charge in [0.25, 0.3) is 0 Å². The summed E-state index contributed by atoms with van der Waals surface area (Å²) < 4.78 is 10.7. The van der Waals surface area contributed by atoms with Gasteiger partial charge in [-0.15, -0.1) is 0 Å². The van der Waals surface area contributed by atoms with Gasteiger partial charge in [0.15, 0.2) is 5.78 Å². The summed E-state index contributed by atoms with van der Waals surface area (Å²) in [6.07, 6.45) is -0.708. The van der Waals surface area contributed by atoms with Crippen LogP contribution in [0.1, 0.15) is 27.7 Å². The highest BCUT2D eigenvalue weighted by atomic mass is 31.2. The maximum absolute atomic E-state index is 14.2. The lowest BCUT2D eigenvalue weighted by Gasteiger charge is -2.32. The van der Waals surface area contributed by atoms with Gasteiger partial charge in [-0.05, 0) is 42.6 Å². The molecule has 6 nitrogen and oxygen atoms in total. The van der Waals surface area contributed by atoms with Crippen LogP contribution in [0.4, 0.5) is 4.79 Å². The molecule has 0 aliphatic heterocycles. The van der Waals surface area contributed by atoms with Gasteiger partial charge in [-0.2, -0.15) is 0 Å². The molecule has 37 heavy (non-hydrogen) atoms. The van der Waals surface area contributed by atoms with E-state index in [1.165, 1.54) is 0 Å². The van der Waals surface area contributed by atoms with Gasteiger partial charge in [-0.25, -0.2) is 9.59 Å². The third kappa shape index (κ3) is 6.39. The summed E-state index contributed by atoms with van der Waals surface area (Å²) >= 11 is 0. The lowest BCUT2D eigenvalue weighted by molar-refractivity contribution is -0.135. The van der Waals surface area contributed by atoms with Crippen LogP contribution in [0, 0.1) is 5.92 Å². The number of esters is 1. The second-order valence-corrected chi connectivity index (χ2v) is 12.3.